The minimum absolute atomic E-state index is 0.142. The molecule has 0 aliphatic rings. The summed E-state index contributed by atoms with van der Waals surface area (Å²) in [4.78, 5) is 4.46. The van der Waals surface area contributed by atoms with E-state index < -0.39 is 6.61 Å². The summed E-state index contributed by atoms with van der Waals surface area (Å²) in [6.07, 6.45) is 0.884. The summed E-state index contributed by atoms with van der Waals surface area (Å²) >= 11 is 0. The Labute approximate surface area is 148 Å². The van der Waals surface area contributed by atoms with Gasteiger partial charge in [0.1, 0.15) is 5.75 Å². The molecule has 0 fully saturated rings. The number of ether oxygens (including phenoxy) is 2. The largest absolute Gasteiger partial charge is 0.435 e. The van der Waals surface area contributed by atoms with E-state index in [2.05, 4.69) is 34.2 Å². The van der Waals surface area contributed by atoms with E-state index in [9.17, 15) is 8.78 Å². The van der Waals surface area contributed by atoms with Crippen LogP contribution in [0.3, 0.4) is 0 Å². The monoisotopic (exact) mass is 357 g/mol. The van der Waals surface area contributed by atoms with Crippen molar-refractivity contribution in [2.45, 2.75) is 40.3 Å². The van der Waals surface area contributed by atoms with Gasteiger partial charge in [-0.05, 0) is 37.0 Å². The van der Waals surface area contributed by atoms with Crippen LogP contribution < -0.4 is 15.4 Å². The lowest BCUT2D eigenvalue weighted by Crippen LogP contribution is -2.38. The van der Waals surface area contributed by atoms with Gasteiger partial charge in [0.2, 0.25) is 0 Å². The lowest BCUT2D eigenvalue weighted by Gasteiger charge is -2.12. The summed E-state index contributed by atoms with van der Waals surface area (Å²) in [5.74, 6) is 1.37. The van der Waals surface area contributed by atoms with Crippen LogP contribution in [-0.4, -0.2) is 38.9 Å². The molecule has 0 radical (unpaired) electrons. The van der Waals surface area contributed by atoms with Crippen molar-refractivity contribution in [3.63, 3.8) is 0 Å². The van der Waals surface area contributed by atoms with Crippen LogP contribution in [0.5, 0.6) is 5.75 Å². The Morgan fingerprint density at radius 2 is 2.04 bits per heavy atom. The van der Waals surface area contributed by atoms with Crippen molar-refractivity contribution >= 4 is 5.96 Å². The van der Waals surface area contributed by atoms with E-state index in [0.29, 0.717) is 25.0 Å². The molecule has 1 aromatic carbocycles. The minimum atomic E-state index is -2.82. The number of hydrogen-bond donors (Lipinski definition) is 2. The van der Waals surface area contributed by atoms with E-state index in [0.717, 1.165) is 31.7 Å². The maximum Gasteiger partial charge on any atom is 0.387 e. The first-order valence-corrected chi connectivity index (χ1v) is 8.65. The number of halogens is 2. The maximum absolute atomic E-state index is 12.3. The topological polar surface area (TPSA) is 54.9 Å². The van der Waals surface area contributed by atoms with E-state index in [-0.39, 0.29) is 5.75 Å². The molecule has 0 aromatic heterocycles. The molecule has 1 aromatic rings. The second-order valence-electron chi connectivity index (χ2n) is 5.97. The van der Waals surface area contributed by atoms with E-state index in [4.69, 9.17) is 4.74 Å². The highest BCUT2D eigenvalue weighted by Crippen LogP contribution is 2.16. The average Bonchev–Trinajstić information content (AvgIpc) is 2.55. The smallest absolute Gasteiger partial charge is 0.387 e. The Morgan fingerprint density at radius 3 is 2.72 bits per heavy atom. The molecule has 0 spiro atoms. The van der Waals surface area contributed by atoms with E-state index in [1.807, 2.05) is 13.0 Å². The molecule has 0 amide bonds. The molecule has 0 unspecified atom stereocenters. The summed E-state index contributed by atoms with van der Waals surface area (Å²) < 4.78 is 34.5. The third-order valence-electron chi connectivity index (χ3n) is 3.10. The Hall–Kier alpha value is -1.89. The quantitative estimate of drug-likeness (QED) is 0.362. The zero-order valence-electron chi connectivity index (χ0n) is 15.2. The molecule has 0 bridgehead atoms. The zero-order valence-corrected chi connectivity index (χ0v) is 15.2. The van der Waals surface area contributed by atoms with Crippen LogP contribution in [-0.2, 0) is 11.3 Å². The summed E-state index contributed by atoms with van der Waals surface area (Å²) in [5, 5.41) is 6.39. The predicted octanol–water partition coefficient (Wildman–Crippen LogP) is 3.41. The second-order valence-corrected chi connectivity index (χ2v) is 5.97. The Bertz CT molecular complexity index is 511. The van der Waals surface area contributed by atoms with Crippen molar-refractivity contribution in [2.24, 2.45) is 10.9 Å². The Kier molecular flexibility index (Phi) is 10.6. The molecule has 1 rings (SSSR count). The number of rotatable bonds is 11. The molecule has 0 atom stereocenters. The third-order valence-corrected chi connectivity index (χ3v) is 3.10. The van der Waals surface area contributed by atoms with Gasteiger partial charge in [0, 0.05) is 26.3 Å². The van der Waals surface area contributed by atoms with Gasteiger partial charge in [-0.2, -0.15) is 8.78 Å². The Morgan fingerprint density at radius 1 is 1.24 bits per heavy atom. The van der Waals surface area contributed by atoms with Crippen LogP contribution in [0.15, 0.2) is 29.3 Å². The summed E-state index contributed by atoms with van der Waals surface area (Å²) in [5.41, 5.74) is 0.801. The second kappa shape index (κ2) is 12.5. The van der Waals surface area contributed by atoms with Crippen molar-refractivity contribution in [1.82, 2.24) is 10.6 Å². The van der Waals surface area contributed by atoms with E-state index in [1.54, 1.807) is 12.1 Å². The summed E-state index contributed by atoms with van der Waals surface area (Å²) in [6, 6.07) is 6.57. The Balaban J connectivity index is 2.44. The van der Waals surface area contributed by atoms with Crippen LogP contribution >= 0.6 is 0 Å². The number of aliphatic imine (C=N–C) groups is 1. The van der Waals surface area contributed by atoms with Crippen molar-refractivity contribution in [1.29, 1.82) is 0 Å². The van der Waals surface area contributed by atoms with E-state index in [1.165, 1.54) is 6.07 Å². The van der Waals surface area contributed by atoms with Gasteiger partial charge in [0.15, 0.2) is 5.96 Å². The lowest BCUT2D eigenvalue weighted by atomic mass is 10.2. The standard InChI is InChI=1S/C18H29F2N3O2/c1-4-21-18(22-9-6-10-24-13-14(2)3)23-12-15-7-5-8-16(11-15)25-17(19)20/h5,7-8,11,14,17H,4,6,9-10,12-13H2,1-3H3,(H2,21,22,23). The van der Waals surface area contributed by atoms with Crippen molar-refractivity contribution in [3.05, 3.63) is 29.8 Å². The fourth-order valence-corrected chi connectivity index (χ4v) is 2.03. The first-order chi connectivity index (χ1) is 12.0. The molecule has 0 heterocycles. The van der Waals surface area contributed by atoms with Gasteiger partial charge in [-0.1, -0.05) is 26.0 Å². The van der Waals surface area contributed by atoms with Gasteiger partial charge < -0.3 is 20.1 Å². The average molecular weight is 357 g/mol. The predicted molar refractivity (Wildman–Crippen MR) is 96.2 cm³/mol. The first kappa shape index (κ1) is 21.2. The molecule has 142 valence electrons. The molecule has 7 heteroatoms. The molecule has 25 heavy (non-hydrogen) atoms. The fourth-order valence-electron chi connectivity index (χ4n) is 2.03. The third kappa shape index (κ3) is 10.6. The van der Waals surface area contributed by atoms with Gasteiger partial charge in [0.25, 0.3) is 0 Å². The highest BCUT2D eigenvalue weighted by molar-refractivity contribution is 5.79. The van der Waals surface area contributed by atoms with Crippen molar-refractivity contribution in [2.75, 3.05) is 26.3 Å². The summed E-state index contributed by atoms with van der Waals surface area (Å²) in [7, 11) is 0. The van der Waals surface area contributed by atoms with Crippen LogP contribution in [0.4, 0.5) is 8.78 Å². The van der Waals surface area contributed by atoms with E-state index >= 15 is 0 Å². The van der Waals surface area contributed by atoms with Gasteiger partial charge >= 0.3 is 6.61 Å². The molecule has 0 aliphatic heterocycles. The van der Waals surface area contributed by atoms with Gasteiger partial charge in [-0.25, -0.2) is 4.99 Å². The lowest BCUT2D eigenvalue weighted by molar-refractivity contribution is -0.0498. The highest BCUT2D eigenvalue weighted by Gasteiger charge is 2.05. The highest BCUT2D eigenvalue weighted by atomic mass is 19.3. The zero-order chi connectivity index (χ0) is 18.5. The molecule has 0 aliphatic carbocycles. The molecular formula is C18H29F2N3O2. The maximum atomic E-state index is 12.3. The number of benzene rings is 1. The SMILES string of the molecule is CCNC(=NCc1cccc(OC(F)F)c1)NCCCOCC(C)C. The number of hydrogen-bond acceptors (Lipinski definition) is 3. The van der Waals surface area contributed by atoms with Crippen LogP contribution in [0.1, 0.15) is 32.8 Å². The number of nitrogens with one attached hydrogen (secondary N) is 2. The van der Waals surface area contributed by atoms with Crippen molar-refractivity contribution in [3.8, 4) is 5.75 Å². The van der Waals surface area contributed by atoms with Crippen LogP contribution in [0.2, 0.25) is 0 Å². The molecular weight excluding hydrogens is 328 g/mol. The number of nitrogens with zero attached hydrogens (tertiary/aromatic N) is 1. The van der Waals surface area contributed by atoms with Crippen LogP contribution in [0, 0.1) is 5.92 Å². The normalized spacial score (nSPS) is 11.9. The molecule has 0 saturated heterocycles. The van der Waals surface area contributed by atoms with Gasteiger partial charge in [0.05, 0.1) is 6.54 Å². The molecule has 5 nitrogen and oxygen atoms in total. The molecule has 2 N–H and O–H groups in total. The van der Waals surface area contributed by atoms with Gasteiger partial charge in [-0.15, -0.1) is 0 Å². The van der Waals surface area contributed by atoms with Crippen LogP contribution in [0.25, 0.3) is 0 Å². The number of guanidine groups is 1. The van der Waals surface area contributed by atoms with Crippen molar-refractivity contribution < 1.29 is 18.3 Å². The minimum Gasteiger partial charge on any atom is -0.435 e. The molecule has 0 saturated carbocycles. The fraction of sp³-hybridized carbons (Fsp3) is 0.611. The first-order valence-electron chi connectivity index (χ1n) is 8.65. The number of alkyl halides is 2. The van der Waals surface area contributed by atoms with Gasteiger partial charge in [-0.3, -0.25) is 0 Å². The summed E-state index contributed by atoms with van der Waals surface area (Å²) in [6.45, 7) is 6.74.